The number of nitriles is 2. The van der Waals surface area contributed by atoms with Gasteiger partial charge >= 0.3 is 17.9 Å². The molecule has 19 heteroatoms. The number of carbonyl (C=O) groups is 3. The lowest BCUT2D eigenvalue weighted by Crippen LogP contribution is -2.06. The van der Waals surface area contributed by atoms with E-state index in [2.05, 4.69) is 44.1 Å². The van der Waals surface area contributed by atoms with Crippen LogP contribution in [0.3, 0.4) is 0 Å². The van der Waals surface area contributed by atoms with Crippen molar-refractivity contribution in [2.75, 3.05) is 52.2 Å². The molecule has 2 aromatic rings. The monoisotopic (exact) mass is 844 g/mol. The molecule has 0 radical (unpaired) electrons. The van der Waals surface area contributed by atoms with Gasteiger partial charge in [0.05, 0.1) is 68.8 Å². The molecule has 0 saturated heterocycles. The molecule has 0 aromatic heterocycles. The minimum absolute atomic E-state index is 0.116. The number of phenols is 1. The van der Waals surface area contributed by atoms with Crippen LogP contribution >= 0.6 is 10.7 Å². The number of aromatic hydroxyl groups is 1. The lowest BCUT2D eigenvalue weighted by atomic mass is 10.2. The van der Waals surface area contributed by atoms with Crippen molar-refractivity contribution in [2.24, 2.45) is 0 Å². The fraction of sp³-hybridized carbons (Fsp3) is 0.378. The highest BCUT2D eigenvalue weighted by Crippen LogP contribution is 2.12. The van der Waals surface area contributed by atoms with Gasteiger partial charge in [-0.3, -0.25) is 4.18 Å². The second-order valence-corrected chi connectivity index (χ2v) is 15.0. The van der Waals surface area contributed by atoms with E-state index in [9.17, 15) is 31.2 Å². The molecular weight excluding hydrogens is 796 g/mol. The molecule has 0 aliphatic rings. The first-order valence-electron chi connectivity index (χ1n) is 16.4. The molecule has 2 rings (SSSR count). The molecule has 0 aliphatic heterocycles. The fourth-order valence-electron chi connectivity index (χ4n) is 2.88. The van der Waals surface area contributed by atoms with Crippen molar-refractivity contribution < 1.29 is 64.6 Å². The van der Waals surface area contributed by atoms with Gasteiger partial charge in [0.2, 0.25) is 9.05 Å². The second kappa shape index (κ2) is 35.5. The average Bonchev–Trinajstić information content (AvgIpc) is 3.16. The van der Waals surface area contributed by atoms with Gasteiger partial charge in [0, 0.05) is 35.5 Å². The Balaban J connectivity index is -0.000000662. The third kappa shape index (κ3) is 44.9. The van der Waals surface area contributed by atoms with E-state index in [0.717, 1.165) is 49.3 Å². The van der Waals surface area contributed by atoms with Gasteiger partial charge in [-0.15, -0.1) is 0 Å². The van der Waals surface area contributed by atoms with Crippen LogP contribution in [0, 0.1) is 22.7 Å². The van der Waals surface area contributed by atoms with E-state index in [1.54, 1.807) is 36.4 Å². The Hall–Kier alpha value is -5.24. The van der Waals surface area contributed by atoms with Crippen molar-refractivity contribution in [1.29, 1.82) is 10.5 Å². The van der Waals surface area contributed by atoms with Gasteiger partial charge in [-0.05, 0) is 87.1 Å². The van der Waals surface area contributed by atoms with Crippen molar-refractivity contribution in [1.82, 2.24) is 0 Å². The lowest BCUT2D eigenvalue weighted by molar-refractivity contribution is -0.138. The van der Waals surface area contributed by atoms with Gasteiger partial charge in [-0.2, -0.15) is 18.9 Å². The molecule has 0 atom stereocenters. The summed E-state index contributed by atoms with van der Waals surface area (Å²) in [5, 5.41) is 34.0. The molecule has 56 heavy (non-hydrogen) atoms. The number of hydrogen-bond donors (Lipinski definition) is 2. The molecule has 0 unspecified atom stereocenters. The molecule has 0 spiro atoms. The third-order valence-electron chi connectivity index (χ3n) is 5.41. The van der Waals surface area contributed by atoms with E-state index >= 15 is 0 Å². The second-order valence-electron chi connectivity index (χ2n) is 10.3. The van der Waals surface area contributed by atoms with Gasteiger partial charge in [0.25, 0.3) is 10.1 Å². The van der Waals surface area contributed by atoms with Crippen LogP contribution in [0.2, 0.25) is 0 Å². The molecule has 0 amide bonds. The Bertz CT molecular complexity index is 1730. The number of esters is 3. The number of ether oxygens (including phenoxy) is 4. The number of aliphatic hydroxyl groups excluding tert-OH is 1. The molecule has 310 valence electrons. The number of aliphatic hydroxyl groups is 1. The molecular formula is C37H49ClN2O14S2. The summed E-state index contributed by atoms with van der Waals surface area (Å²) in [5.74, 6) is -0.360. The van der Waals surface area contributed by atoms with Crippen molar-refractivity contribution in [2.45, 2.75) is 38.5 Å². The molecule has 0 heterocycles. The summed E-state index contributed by atoms with van der Waals surface area (Å²) in [6, 6.07) is 17.0. The predicted octanol–water partition coefficient (Wildman–Crippen LogP) is 4.86. The highest BCUT2D eigenvalue weighted by molar-refractivity contribution is 8.13. The molecule has 16 nitrogen and oxygen atoms in total. The van der Waals surface area contributed by atoms with Gasteiger partial charge in [0.15, 0.2) is 0 Å². The summed E-state index contributed by atoms with van der Waals surface area (Å²) in [5.41, 5.74) is 1.17. The van der Waals surface area contributed by atoms with Crippen LogP contribution in [-0.4, -0.2) is 97.1 Å². The van der Waals surface area contributed by atoms with Crippen molar-refractivity contribution in [3.05, 3.63) is 97.6 Å². The number of hydrogen-bond acceptors (Lipinski definition) is 16. The van der Waals surface area contributed by atoms with Gasteiger partial charge < -0.3 is 29.2 Å². The van der Waals surface area contributed by atoms with E-state index in [0.29, 0.717) is 56.6 Å². The summed E-state index contributed by atoms with van der Waals surface area (Å²) in [6.45, 7) is 11.6. The van der Waals surface area contributed by atoms with Gasteiger partial charge in [-0.25, -0.2) is 22.8 Å². The number of unbranched alkanes of at least 4 members (excludes halogenated alkanes) is 3. The first-order valence-corrected chi connectivity index (χ1v) is 20.9. The molecule has 0 aliphatic carbocycles. The number of rotatable bonds is 19. The molecule has 0 saturated carbocycles. The Morgan fingerprint density at radius 2 is 1.00 bits per heavy atom. The average molecular weight is 845 g/mol. The molecule has 2 N–H and O–H groups in total. The quantitative estimate of drug-likeness (QED) is 0.0478. The molecule has 0 bridgehead atoms. The Morgan fingerprint density at radius 3 is 1.34 bits per heavy atom. The highest BCUT2D eigenvalue weighted by atomic mass is 35.7. The molecule has 0 fully saturated rings. The zero-order valence-corrected chi connectivity index (χ0v) is 33.7. The van der Waals surface area contributed by atoms with E-state index in [-0.39, 0.29) is 25.6 Å². The first-order chi connectivity index (χ1) is 26.3. The van der Waals surface area contributed by atoms with Crippen LogP contribution in [0.5, 0.6) is 11.5 Å². The van der Waals surface area contributed by atoms with Crippen LogP contribution < -0.4 is 4.74 Å². The largest absolute Gasteiger partial charge is 0.508 e. The van der Waals surface area contributed by atoms with Crippen molar-refractivity contribution >= 4 is 47.8 Å². The van der Waals surface area contributed by atoms with E-state index in [4.69, 9.17) is 30.2 Å². The van der Waals surface area contributed by atoms with Gasteiger partial charge in [0.1, 0.15) is 11.5 Å². The van der Waals surface area contributed by atoms with Crippen molar-refractivity contribution in [3.63, 3.8) is 0 Å². The Morgan fingerprint density at radius 1 is 0.661 bits per heavy atom. The van der Waals surface area contributed by atoms with Crippen LogP contribution in [0.4, 0.5) is 0 Å². The van der Waals surface area contributed by atoms with Crippen LogP contribution in [-0.2, 0) is 51.9 Å². The maximum atomic E-state index is 10.7. The minimum Gasteiger partial charge on any atom is -0.508 e. The highest BCUT2D eigenvalue weighted by Gasteiger charge is 2.01. The minimum atomic E-state index is -3.36. The number of halogens is 1. The first kappa shape index (κ1) is 55.1. The fourth-order valence-corrected chi connectivity index (χ4v) is 3.30. The predicted molar refractivity (Wildman–Crippen MR) is 209 cm³/mol. The summed E-state index contributed by atoms with van der Waals surface area (Å²) in [7, 11) is -2.05. The lowest BCUT2D eigenvalue weighted by Gasteiger charge is -2.06. The van der Waals surface area contributed by atoms with Crippen LogP contribution in [0.1, 0.15) is 49.7 Å². The Labute approximate surface area is 333 Å². The topological polar surface area (TPSA) is 254 Å². The maximum absolute atomic E-state index is 10.7. The number of nitrogens with zero attached hydrogens (tertiary/aromatic N) is 2. The van der Waals surface area contributed by atoms with E-state index in [1.165, 1.54) is 12.1 Å². The van der Waals surface area contributed by atoms with Crippen molar-refractivity contribution in [3.8, 4) is 23.6 Å². The van der Waals surface area contributed by atoms with E-state index < -0.39 is 37.1 Å². The summed E-state index contributed by atoms with van der Waals surface area (Å²) in [4.78, 5) is 31.6. The standard InChI is InChI=1S/C14H15NO3.C8H14O5S.C7H5NO.C7H12O3.CH3ClO2S/c1-2-14(16)18-10-4-3-9-17-13-7-5-12(11-15)6-8-13;1-3-8(9)12-6-4-5-7-13-14(2,10)11;8-5-6-1-3-7(9)4-2-6;1-2-7(9)10-6-4-3-5-8;1-5(2,3)4/h2,5-8H,1,3-4,9-10H2;3H,1,4-7H2,2H3;1-4,9H;2,8H,1,3-6H2;1H3. The van der Waals surface area contributed by atoms with Crippen LogP contribution in [0.25, 0.3) is 0 Å². The van der Waals surface area contributed by atoms with Gasteiger partial charge in [-0.1, -0.05) is 19.7 Å². The zero-order chi connectivity index (χ0) is 43.3. The molecule has 2 aromatic carbocycles. The SMILES string of the molecule is C=CC(=O)OCCCCO.C=CC(=O)OCCCCOS(C)(=O)=O.C=CC(=O)OCCCCOc1ccc(C#N)cc1.CS(=O)(=O)Cl.N#Cc1ccc(O)cc1. The summed E-state index contributed by atoms with van der Waals surface area (Å²) < 4.78 is 63.8. The number of phenolic OH excluding ortho intramolecular Hbond substituents is 1. The maximum Gasteiger partial charge on any atom is 0.330 e. The van der Waals surface area contributed by atoms with Crippen LogP contribution in [0.15, 0.2) is 86.5 Å². The summed E-state index contributed by atoms with van der Waals surface area (Å²) >= 11 is 0. The third-order valence-corrected chi connectivity index (χ3v) is 6.00. The normalized spacial score (nSPS) is 9.68. The zero-order valence-electron chi connectivity index (χ0n) is 31.3. The van der Waals surface area contributed by atoms with E-state index in [1.807, 2.05) is 12.1 Å². The number of carbonyl (C=O) groups excluding carboxylic acids is 3. The summed E-state index contributed by atoms with van der Waals surface area (Å²) in [6.07, 6.45) is 9.27. The number of benzene rings is 2. The Kier molecular flexibility index (Phi) is 34.9. The smallest absolute Gasteiger partial charge is 0.330 e.